The Labute approximate surface area is 174 Å². The van der Waals surface area contributed by atoms with E-state index in [4.69, 9.17) is 4.74 Å². The monoisotopic (exact) mass is 409 g/mol. The number of amides is 4. The van der Waals surface area contributed by atoms with Gasteiger partial charge in [0.2, 0.25) is 0 Å². The summed E-state index contributed by atoms with van der Waals surface area (Å²) in [6, 6.07) is 10.5. The molecule has 4 amide bonds. The van der Waals surface area contributed by atoms with Crippen molar-refractivity contribution < 1.29 is 24.2 Å². The van der Waals surface area contributed by atoms with Crippen molar-refractivity contribution in [3.8, 4) is 11.5 Å². The quantitative estimate of drug-likeness (QED) is 0.562. The highest BCUT2D eigenvalue weighted by Crippen LogP contribution is 2.29. The molecule has 0 aliphatic carbocycles. The molecule has 0 unspecified atom stereocenters. The number of barbiturate groups is 1. The van der Waals surface area contributed by atoms with Crippen LogP contribution in [0.1, 0.15) is 19.4 Å². The molecule has 1 aliphatic heterocycles. The number of rotatable bonds is 6. The molecule has 1 aliphatic rings. The number of methoxy groups -OCH3 is 1. The summed E-state index contributed by atoms with van der Waals surface area (Å²) in [5.41, 5.74) is 1.12. The van der Waals surface area contributed by atoms with Crippen molar-refractivity contribution in [2.24, 2.45) is 0 Å². The Hall–Kier alpha value is -3.81. The number of phenols is 1. The molecule has 0 bridgehead atoms. The third kappa shape index (κ3) is 3.98. The molecule has 1 heterocycles. The van der Waals surface area contributed by atoms with Gasteiger partial charge in [-0.3, -0.25) is 14.9 Å². The zero-order chi connectivity index (χ0) is 21.8. The summed E-state index contributed by atoms with van der Waals surface area (Å²) in [6.07, 6.45) is 1.28. The first-order valence-electron chi connectivity index (χ1n) is 9.53. The van der Waals surface area contributed by atoms with Crippen molar-refractivity contribution >= 4 is 35.3 Å². The van der Waals surface area contributed by atoms with Crippen molar-refractivity contribution in [2.75, 3.05) is 30.0 Å². The Morgan fingerprint density at radius 2 is 1.83 bits per heavy atom. The van der Waals surface area contributed by atoms with Crippen LogP contribution in [0.15, 0.2) is 48.0 Å². The molecular formula is C22H23N3O5. The summed E-state index contributed by atoms with van der Waals surface area (Å²) in [5, 5.41) is 12.6. The normalized spacial score (nSPS) is 15.4. The third-order valence-corrected chi connectivity index (χ3v) is 4.86. The second-order valence-corrected chi connectivity index (χ2v) is 6.57. The van der Waals surface area contributed by atoms with E-state index in [1.165, 1.54) is 19.3 Å². The number of nitrogens with zero attached hydrogens (tertiary/aromatic N) is 2. The average molecular weight is 409 g/mol. The van der Waals surface area contributed by atoms with Crippen LogP contribution >= 0.6 is 0 Å². The molecule has 0 aromatic heterocycles. The largest absolute Gasteiger partial charge is 0.507 e. The molecule has 0 saturated carbocycles. The summed E-state index contributed by atoms with van der Waals surface area (Å²) in [6.45, 7) is 5.56. The lowest BCUT2D eigenvalue weighted by Gasteiger charge is -2.26. The molecule has 30 heavy (non-hydrogen) atoms. The minimum atomic E-state index is -0.850. The van der Waals surface area contributed by atoms with Crippen molar-refractivity contribution in [3.63, 3.8) is 0 Å². The first kappa shape index (κ1) is 20.9. The fourth-order valence-corrected chi connectivity index (χ4v) is 3.24. The fraction of sp³-hybridized carbons (Fsp3) is 0.227. The number of aromatic hydroxyl groups is 1. The highest BCUT2D eigenvalue weighted by molar-refractivity contribution is 6.39. The minimum Gasteiger partial charge on any atom is -0.507 e. The van der Waals surface area contributed by atoms with Gasteiger partial charge in [-0.05, 0) is 44.2 Å². The van der Waals surface area contributed by atoms with Crippen LogP contribution in [0.4, 0.5) is 16.2 Å². The first-order valence-corrected chi connectivity index (χ1v) is 9.53. The van der Waals surface area contributed by atoms with E-state index in [0.29, 0.717) is 11.3 Å². The second kappa shape index (κ2) is 8.69. The maximum atomic E-state index is 13.0. The molecule has 2 N–H and O–H groups in total. The van der Waals surface area contributed by atoms with Crippen LogP contribution in [0.5, 0.6) is 11.5 Å². The molecule has 0 atom stereocenters. The van der Waals surface area contributed by atoms with Gasteiger partial charge in [-0.1, -0.05) is 6.07 Å². The predicted octanol–water partition coefficient (Wildman–Crippen LogP) is 2.91. The summed E-state index contributed by atoms with van der Waals surface area (Å²) in [7, 11) is 1.47. The van der Waals surface area contributed by atoms with E-state index in [2.05, 4.69) is 10.2 Å². The topological polar surface area (TPSA) is 99.2 Å². The molecule has 0 radical (unpaired) electrons. The van der Waals surface area contributed by atoms with Gasteiger partial charge in [-0.2, -0.15) is 0 Å². The molecule has 3 rings (SSSR count). The number of phenolic OH excluding ortho intramolecular Hbond substituents is 1. The lowest BCUT2D eigenvalue weighted by atomic mass is 10.1. The van der Waals surface area contributed by atoms with Crippen LogP contribution in [-0.4, -0.2) is 43.2 Å². The Balaban J connectivity index is 1.98. The maximum absolute atomic E-state index is 13.0. The van der Waals surface area contributed by atoms with Gasteiger partial charge in [0.15, 0.2) is 0 Å². The van der Waals surface area contributed by atoms with Crippen LogP contribution in [0.3, 0.4) is 0 Å². The Bertz CT molecular complexity index is 1030. The maximum Gasteiger partial charge on any atom is 0.335 e. The summed E-state index contributed by atoms with van der Waals surface area (Å²) >= 11 is 0. The van der Waals surface area contributed by atoms with Crippen molar-refractivity contribution in [3.05, 3.63) is 53.6 Å². The Morgan fingerprint density at radius 3 is 2.47 bits per heavy atom. The number of hydrogen-bond acceptors (Lipinski definition) is 6. The van der Waals surface area contributed by atoms with Gasteiger partial charge >= 0.3 is 6.03 Å². The van der Waals surface area contributed by atoms with E-state index in [1.54, 1.807) is 36.4 Å². The number of benzene rings is 2. The van der Waals surface area contributed by atoms with E-state index in [-0.39, 0.29) is 17.0 Å². The zero-order valence-corrected chi connectivity index (χ0v) is 17.0. The third-order valence-electron chi connectivity index (χ3n) is 4.86. The number of carbonyl (C=O) groups is 3. The molecular weight excluding hydrogens is 386 g/mol. The van der Waals surface area contributed by atoms with E-state index in [9.17, 15) is 19.5 Å². The number of imide groups is 2. The highest BCUT2D eigenvalue weighted by atomic mass is 16.5. The molecule has 2 aromatic carbocycles. The fourth-order valence-electron chi connectivity index (χ4n) is 3.24. The van der Waals surface area contributed by atoms with Crippen LogP contribution in [0.25, 0.3) is 6.08 Å². The standard InChI is InChI=1S/C22H23N3O5/c1-4-24(5-2)15-10-9-14(19(26)13-15)11-18-20(27)23-22(29)25(21(18)28)16-7-6-8-17(12-16)30-3/h6-13,26H,4-5H2,1-3H3,(H,23,27,29). The van der Waals surface area contributed by atoms with E-state index < -0.39 is 17.8 Å². The van der Waals surface area contributed by atoms with Gasteiger partial charge in [0.05, 0.1) is 12.8 Å². The van der Waals surface area contributed by atoms with Crippen LogP contribution in [-0.2, 0) is 9.59 Å². The van der Waals surface area contributed by atoms with E-state index >= 15 is 0 Å². The second-order valence-electron chi connectivity index (χ2n) is 6.57. The molecule has 8 heteroatoms. The molecule has 1 saturated heterocycles. The Morgan fingerprint density at radius 1 is 1.10 bits per heavy atom. The molecule has 0 spiro atoms. The molecule has 156 valence electrons. The van der Waals surface area contributed by atoms with Crippen LogP contribution < -0.4 is 19.9 Å². The van der Waals surface area contributed by atoms with Gasteiger partial charge in [0.1, 0.15) is 17.1 Å². The molecule has 2 aromatic rings. The summed E-state index contributed by atoms with van der Waals surface area (Å²) in [4.78, 5) is 40.5. The van der Waals surface area contributed by atoms with Crippen molar-refractivity contribution in [1.82, 2.24) is 5.32 Å². The van der Waals surface area contributed by atoms with E-state index in [1.807, 2.05) is 13.8 Å². The van der Waals surface area contributed by atoms with Gasteiger partial charge in [0, 0.05) is 36.5 Å². The molecule has 8 nitrogen and oxygen atoms in total. The summed E-state index contributed by atoms with van der Waals surface area (Å²) in [5.74, 6) is -1.22. The van der Waals surface area contributed by atoms with Crippen LogP contribution in [0, 0.1) is 0 Å². The van der Waals surface area contributed by atoms with Gasteiger partial charge in [0.25, 0.3) is 11.8 Å². The smallest absolute Gasteiger partial charge is 0.335 e. The predicted molar refractivity (Wildman–Crippen MR) is 114 cm³/mol. The number of anilines is 2. The number of ether oxygens (including phenoxy) is 1. The highest BCUT2D eigenvalue weighted by Gasteiger charge is 2.37. The first-order chi connectivity index (χ1) is 14.4. The van der Waals surface area contributed by atoms with Gasteiger partial charge in [-0.25, -0.2) is 9.69 Å². The Kier molecular flexibility index (Phi) is 6.06. The summed E-state index contributed by atoms with van der Waals surface area (Å²) < 4.78 is 5.14. The average Bonchev–Trinajstić information content (AvgIpc) is 2.73. The minimum absolute atomic E-state index is 0.0719. The molecule has 1 fully saturated rings. The van der Waals surface area contributed by atoms with Crippen LogP contribution in [0.2, 0.25) is 0 Å². The van der Waals surface area contributed by atoms with Gasteiger partial charge in [-0.15, -0.1) is 0 Å². The number of urea groups is 1. The number of carbonyl (C=O) groups excluding carboxylic acids is 3. The van der Waals surface area contributed by atoms with Crippen molar-refractivity contribution in [2.45, 2.75) is 13.8 Å². The van der Waals surface area contributed by atoms with Gasteiger partial charge < -0.3 is 14.7 Å². The van der Waals surface area contributed by atoms with Crippen molar-refractivity contribution in [1.29, 1.82) is 0 Å². The number of nitrogens with one attached hydrogen (secondary N) is 1. The zero-order valence-electron chi connectivity index (χ0n) is 17.0. The SMILES string of the molecule is CCN(CC)c1ccc(C=C2C(=O)NC(=O)N(c3cccc(OC)c3)C2=O)c(O)c1. The van der Waals surface area contributed by atoms with E-state index in [0.717, 1.165) is 23.7 Å². The lowest BCUT2D eigenvalue weighted by Crippen LogP contribution is -2.54. The number of hydrogen-bond donors (Lipinski definition) is 2. The lowest BCUT2D eigenvalue weighted by molar-refractivity contribution is -0.122.